The van der Waals surface area contributed by atoms with E-state index in [1.54, 1.807) is 0 Å². The van der Waals surface area contributed by atoms with Crippen LogP contribution in [0.4, 0.5) is 0 Å². The normalized spacial score (nSPS) is 20.6. The van der Waals surface area contributed by atoms with Crippen LogP contribution in [0.2, 0.25) is 5.02 Å². The summed E-state index contributed by atoms with van der Waals surface area (Å²) < 4.78 is 0. The van der Waals surface area contributed by atoms with Crippen molar-refractivity contribution < 1.29 is 0 Å². The van der Waals surface area contributed by atoms with E-state index in [0.717, 1.165) is 30.0 Å². The van der Waals surface area contributed by atoms with Crippen LogP contribution >= 0.6 is 11.6 Å². The summed E-state index contributed by atoms with van der Waals surface area (Å²) in [6.45, 7) is 1.99. The fourth-order valence-electron chi connectivity index (χ4n) is 2.56. The maximum absolute atomic E-state index is 5.96. The van der Waals surface area contributed by atoms with Crippen LogP contribution in [0, 0.1) is 5.92 Å². The van der Waals surface area contributed by atoms with Gasteiger partial charge >= 0.3 is 0 Å². The number of nitrogens with zero attached hydrogens (tertiary/aromatic N) is 1. The largest absolute Gasteiger partial charge is 0.356 e. The molecule has 2 aliphatic rings. The minimum Gasteiger partial charge on any atom is -0.356 e. The number of hydrogen-bond donors (Lipinski definition) is 2. The molecule has 2 N–H and O–H groups in total. The third kappa shape index (κ3) is 3.26. The van der Waals surface area contributed by atoms with Crippen LogP contribution in [0.15, 0.2) is 29.3 Å². The fraction of sp³-hybridized carbons (Fsp3) is 0.562. The van der Waals surface area contributed by atoms with Gasteiger partial charge in [-0.3, -0.25) is 4.99 Å². The molecule has 0 amide bonds. The molecule has 0 saturated heterocycles. The lowest BCUT2D eigenvalue weighted by Gasteiger charge is -2.19. The van der Waals surface area contributed by atoms with Crippen LogP contribution in [0.25, 0.3) is 0 Å². The van der Waals surface area contributed by atoms with E-state index < -0.39 is 0 Å². The van der Waals surface area contributed by atoms with Crippen molar-refractivity contribution in [2.45, 2.75) is 31.1 Å². The summed E-state index contributed by atoms with van der Waals surface area (Å²) >= 11 is 5.96. The van der Waals surface area contributed by atoms with E-state index >= 15 is 0 Å². The van der Waals surface area contributed by atoms with E-state index in [9.17, 15) is 0 Å². The minimum absolute atomic E-state index is 0.280. The molecule has 0 aromatic heterocycles. The molecule has 2 fully saturated rings. The van der Waals surface area contributed by atoms with Gasteiger partial charge in [-0.05, 0) is 49.3 Å². The van der Waals surface area contributed by atoms with Gasteiger partial charge in [-0.2, -0.15) is 0 Å². The Kier molecular flexibility index (Phi) is 3.88. The summed E-state index contributed by atoms with van der Waals surface area (Å²) in [5.74, 6) is 1.79. The molecule has 108 valence electrons. The molecule has 0 unspecified atom stereocenters. The van der Waals surface area contributed by atoms with Gasteiger partial charge in [-0.1, -0.05) is 23.7 Å². The molecule has 0 bridgehead atoms. The van der Waals surface area contributed by atoms with Crippen molar-refractivity contribution in [3.8, 4) is 0 Å². The number of hydrogen-bond acceptors (Lipinski definition) is 1. The quantitative estimate of drug-likeness (QED) is 0.646. The lowest BCUT2D eigenvalue weighted by atomic mass is 9.96. The highest BCUT2D eigenvalue weighted by Gasteiger charge is 2.44. The summed E-state index contributed by atoms with van der Waals surface area (Å²) in [5.41, 5.74) is 1.66. The molecule has 3 rings (SSSR count). The summed E-state index contributed by atoms with van der Waals surface area (Å²) in [7, 11) is 1.84. The van der Waals surface area contributed by atoms with E-state index in [-0.39, 0.29) is 5.41 Å². The Hall–Kier alpha value is -1.22. The van der Waals surface area contributed by atoms with Crippen molar-refractivity contribution >= 4 is 17.6 Å². The standard InChI is InChI=1S/C16H22ClN3/c1-18-15(19-10-12-2-3-12)20-11-16(8-9-16)13-4-6-14(17)7-5-13/h4-7,12H,2-3,8-11H2,1H3,(H2,18,19,20). The zero-order valence-corrected chi connectivity index (χ0v) is 12.7. The predicted octanol–water partition coefficient (Wildman–Crippen LogP) is 2.95. The summed E-state index contributed by atoms with van der Waals surface area (Å²) in [5, 5.41) is 7.69. The van der Waals surface area contributed by atoms with E-state index in [1.165, 1.54) is 31.2 Å². The van der Waals surface area contributed by atoms with Crippen LogP contribution in [-0.2, 0) is 5.41 Å². The topological polar surface area (TPSA) is 36.4 Å². The van der Waals surface area contributed by atoms with Gasteiger partial charge in [0.1, 0.15) is 0 Å². The lowest BCUT2D eigenvalue weighted by Crippen LogP contribution is -2.41. The molecule has 4 heteroatoms. The van der Waals surface area contributed by atoms with Gasteiger partial charge in [0, 0.05) is 30.6 Å². The molecule has 0 radical (unpaired) electrons. The average Bonchev–Trinajstić information content (AvgIpc) is 3.35. The number of aliphatic imine (C=N–C) groups is 1. The maximum atomic E-state index is 5.96. The molecule has 0 heterocycles. The Morgan fingerprint density at radius 1 is 1.25 bits per heavy atom. The molecule has 3 nitrogen and oxygen atoms in total. The molecule has 1 aromatic carbocycles. The molecule has 2 aliphatic carbocycles. The van der Waals surface area contributed by atoms with Crippen LogP contribution in [0.3, 0.4) is 0 Å². The third-order valence-corrected chi connectivity index (χ3v) is 4.64. The SMILES string of the molecule is CN=C(NCC1CC1)NCC1(c2ccc(Cl)cc2)CC1. The number of nitrogens with one attached hydrogen (secondary N) is 2. The number of guanidine groups is 1. The highest BCUT2D eigenvalue weighted by atomic mass is 35.5. The molecule has 0 aliphatic heterocycles. The van der Waals surface area contributed by atoms with E-state index in [4.69, 9.17) is 11.6 Å². The second kappa shape index (κ2) is 5.65. The highest BCUT2D eigenvalue weighted by Crippen LogP contribution is 2.47. The van der Waals surface area contributed by atoms with Gasteiger partial charge in [0.05, 0.1) is 0 Å². The second-order valence-corrected chi connectivity index (χ2v) is 6.47. The van der Waals surface area contributed by atoms with Crippen molar-refractivity contribution in [2.75, 3.05) is 20.1 Å². The summed E-state index contributed by atoms with van der Waals surface area (Å²) in [6.07, 6.45) is 5.19. The average molecular weight is 292 g/mol. The van der Waals surface area contributed by atoms with Crippen LogP contribution in [0.5, 0.6) is 0 Å². The van der Waals surface area contributed by atoms with Crippen molar-refractivity contribution in [3.63, 3.8) is 0 Å². The Morgan fingerprint density at radius 3 is 2.50 bits per heavy atom. The number of halogens is 1. The zero-order chi connectivity index (χ0) is 14.0. The Bertz CT molecular complexity index is 487. The molecule has 20 heavy (non-hydrogen) atoms. The summed E-state index contributed by atoms with van der Waals surface area (Å²) in [4.78, 5) is 4.30. The molecular formula is C16H22ClN3. The fourth-order valence-corrected chi connectivity index (χ4v) is 2.68. The molecular weight excluding hydrogens is 270 g/mol. The summed E-state index contributed by atoms with van der Waals surface area (Å²) in [6, 6.07) is 8.27. The smallest absolute Gasteiger partial charge is 0.191 e. The highest BCUT2D eigenvalue weighted by molar-refractivity contribution is 6.30. The third-order valence-electron chi connectivity index (χ3n) is 4.38. The second-order valence-electron chi connectivity index (χ2n) is 6.04. The molecule has 0 atom stereocenters. The minimum atomic E-state index is 0.280. The van der Waals surface area contributed by atoms with Crippen molar-refractivity contribution in [2.24, 2.45) is 10.9 Å². The van der Waals surface area contributed by atoms with E-state index in [2.05, 4.69) is 27.8 Å². The van der Waals surface area contributed by atoms with Gasteiger partial charge in [0.15, 0.2) is 5.96 Å². The Balaban J connectivity index is 1.54. The lowest BCUT2D eigenvalue weighted by molar-refractivity contribution is 0.640. The first-order valence-corrected chi connectivity index (χ1v) is 7.80. The zero-order valence-electron chi connectivity index (χ0n) is 12.0. The van der Waals surface area contributed by atoms with E-state index in [0.29, 0.717) is 0 Å². The Labute approximate surface area is 125 Å². The van der Waals surface area contributed by atoms with Gasteiger partial charge in [0.25, 0.3) is 0 Å². The van der Waals surface area contributed by atoms with Crippen molar-refractivity contribution in [1.29, 1.82) is 0 Å². The van der Waals surface area contributed by atoms with Gasteiger partial charge in [-0.25, -0.2) is 0 Å². The van der Waals surface area contributed by atoms with Gasteiger partial charge < -0.3 is 10.6 Å². The van der Waals surface area contributed by atoms with Crippen molar-refractivity contribution in [3.05, 3.63) is 34.9 Å². The predicted molar refractivity (Wildman–Crippen MR) is 84.5 cm³/mol. The van der Waals surface area contributed by atoms with Crippen molar-refractivity contribution in [1.82, 2.24) is 10.6 Å². The number of rotatable bonds is 5. The number of benzene rings is 1. The first-order valence-electron chi connectivity index (χ1n) is 7.42. The molecule has 2 saturated carbocycles. The Morgan fingerprint density at radius 2 is 1.95 bits per heavy atom. The maximum Gasteiger partial charge on any atom is 0.191 e. The van der Waals surface area contributed by atoms with Crippen LogP contribution in [0.1, 0.15) is 31.2 Å². The van der Waals surface area contributed by atoms with Gasteiger partial charge in [-0.15, -0.1) is 0 Å². The van der Waals surface area contributed by atoms with Crippen LogP contribution in [-0.4, -0.2) is 26.1 Å². The molecule has 1 aromatic rings. The monoisotopic (exact) mass is 291 g/mol. The van der Waals surface area contributed by atoms with Gasteiger partial charge in [0.2, 0.25) is 0 Å². The van der Waals surface area contributed by atoms with E-state index in [1.807, 2.05) is 19.2 Å². The van der Waals surface area contributed by atoms with Crippen LogP contribution < -0.4 is 10.6 Å². The molecule has 0 spiro atoms. The first-order chi connectivity index (χ1) is 9.72. The first kappa shape index (κ1) is 13.7.